The lowest BCUT2D eigenvalue weighted by Crippen LogP contribution is -2.17. The summed E-state index contributed by atoms with van der Waals surface area (Å²) in [6.07, 6.45) is 4.35. The summed E-state index contributed by atoms with van der Waals surface area (Å²) in [4.78, 5) is 0. The van der Waals surface area contributed by atoms with Gasteiger partial charge in [0.05, 0.1) is 13.2 Å². The molecule has 108 valence electrons. The minimum absolute atomic E-state index is 0.158. The van der Waals surface area contributed by atoms with Crippen molar-refractivity contribution in [1.82, 2.24) is 0 Å². The van der Waals surface area contributed by atoms with Gasteiger partial charge in [0.15, 0.2) is 11.5 Å². The number of ether oxygens (including phenoxy) is 2. The summed E-state index contributed by atoms with van der Waals surface area (Å²) in [5, 5.41) is 0. The standard InChI is InChI=1S/C16H27NO2/c1-4-6-7-10-19-15-9-8-14(11-13(3)17)12-16(15)18-5-2/h8-9,12-13H,4-7,10-11,17H2,1-3H3. The SMILES string of the molecule is CCCCCOc1ccc(CC(C)N)cc1OCC. The second-order valence-electron chi connectivity index (χ2n) is 4.95. The molecule has 0 spiro atoms. The largest absolute Gasteiger partial charge is 0.490 e. The lowest BCUT2D eigenvalue weighted by Gasteiger charge is -2.14. The predicted octanol–water partition coefficient (Wildman–Crippen LogP) is 3.54. The number of benzene rings is 1. The normalized spacial score (nSPS) is 12.2. The van der Waals surface area contributed by atoms with Crippen LogP contribution in [0.5, 0.6) is 11.5 Å². The van der Waals surface area contributed by atoms with Crippen LogP contribution in [0.25, 0.3) is 0 Å². The van der Waals surface area contributed by atoms with Crippen LogP contribution >= 0.6 is 0 Å². The molecule has 0 amide bonds. The average molecular weight is 265 g/mol. The van der Waals surface area contributed by atoms with E-state index in [9.17, 15) is 0 Å². The average Bonchev–Trinajstić information content (AvgIpc) is 2.36. The van der Waals surface area contributed by atoms with Gasteiger partial charge in [-0.05, 0) is 44.4 Å². The van der Waals surface area contributed by atoms with Gasteiger partial charge < -0.3 is 15.2 Å². The molecule has 1 aromatic carbocycles. The Morgan fingerprint density at radius 2 is 1.89 bits per heavy atom. The molecule has 1 rings (SSSR count). The molecule has 0 saturated carbocycles. The first-order valence-electron chi connectivity index (χ1n) is 7.31. The van der Waals surface area contributed by atoms with Gasteiger partial charge in [-0.15, -0.1) is 0 Å². The highest BCUT2D eigenvalue weighted by Gasteiger charge is 2.07. The zero-order valence-electron chi connectivity index (χ0n) is 12.4. The molecule has 3 heteroatoms. The van der Waals surface area contributed by atoms with Gasteiger partial charge >= 0.3 is 0 Å². The maximum absolute atomic E-state index is 5.83. The van der Waals surface area contributed by atoms with Gasteiger partial charge in [-0.2, -0.15) is 0 Å². The molecule has 0 fully saturated rings. The number of rotatable bonds is 9. The maximum Gasteiger partial charge on any atom is 0.161 e. The van der Waals surface area contributed by atoms with Crippen LogP contribution in [0.3, 0.4) is 0 Å². The summed E-state index contributed by atoms with van der Waals surface area (Å²) in [6, 6.07) is 6.27. The summed E-state index contributed by atoms with van der Waals surface area (Å²) in [7, 11) is 0. The van der Waals surface area contributed by atoms with E-state index in [-0.39, 0.29) is 6.04 Å². The molecule has 3 nitrogen and oxygen atoms in total. The van der Waals surface area contributed by atoms with E-state index in [1.54, 1.807) is 0 Å². The van der Waals surface area contributed by atoms with E-state index in [0.717, 1.165) is 30.9 Å². The van der Waals surface area contributed by atoms with Crippen LogP contribution in [0.15, 0.2) is 18.2 Å². The summed E-state index contributed by atoms with van der Waals surface area (Å²) in [5.74, 6) is 1.67. The topological polar surface area (TPSA) is 44.5 Å². The van der Waals surface area contributed by atoms with Crippen LogP contribution in [0.2, 0.25) is 0 Å². The predicted molar refractivity (Wildman–Crippen MR) is 80.0 cm³/mol. The molecule has 0 radical (unpaired) electrons. The molecule has 0 aromatic heterocycles. The van der Waals surface area contributed by atoms with Crippen molar-refractivity contribution >= 4 is 0 Å². The van der Waals surface area contributed by atoms with Crippen LogP contribution in [-0.4, -0.2) is 19.3 Å². The molecule has 1 atom stereocenters. The molecule has 1 unspecified atom stereocenters. The van der Waals surface area contributed by atoms with Crippen molar-refractivity contribution in [2.24, 2.45) is 5.73 Å². The van der Waals surface area contributed by atoms with Crippen LogP contribution in [0, 0.1) is 0 Å². The summed E-state index contributed by atoms with van der Waals surface area (Å²) < 4.78 is 11.4. The molecule has 0 aliphatic carbocycles. The highest BCUT2D eigenvalue weighted by atomic mass is 16.5. The van der Waals surface area contributed by atoms with Gasteiger partial charge in [0.2, 0.25) is 0 Å². The third-order valence-corrected chi connectivity index (χ3v) is 2.87. The number of unbranched alkanes of at least 4 members (excludes halogenated alkanes) is 2. The Bertz CT molecular complexity index is 364. The summed E-state index contributed by atoms with van der Waals surface area (Å²) >= 11 is 0. The zero-order chi connectivity index (χ0) is 14.1. The van der Waals surface area contributed by atoms with E-state index < -0.39 is 0 Å². The Balaban J connectivity index is 2.67. The molecule has 0 heterocycles. The van der Waals surface area contributed by atoms with Crippen LogP contribution in [0.4, 0.5) is 0 Å². The molecule has 0 bridgehead atoms. The van der Waals surface area contributed by atoms with E-state index in [0.29, 0.717) is 6.61 Å². The Kier molecular flexibility index (Phi) is 7.34. The Morgan fingerprint density at radius 3 is 2.53 bits per heavy atom. The van der Waals surface area contributed by atoms with Crippen LogP contribution in [-0.2, 0) is 6.42 Å². The summed E-state index contributed by atoms with van der Waals surface area (Å²) in [6.45, 7) is 7.58. The Labute approximate surface area is 117 Å². The molecule has 0 aliphatic heterocycles. The van der Waals surface area contributed by atoms with Crippen molar-refractivity contribution in [3.63, 3.8) is 0 Å². The van der Waals surface area contributed by atoms with Crippen molar-refractivity contribution in [3.05, 3.63) is 23.8 Å². The quantitative estimate of drug-likeness (QED) is 0.694. The lowest BCUT2D eigenvalue weighted by atomic mass is 10.1. The first-order chi connectivity index (χ1) is 9.17. The molecule has 1 aromatic rings. The molecule has 0 aliphatic rings. The second kappa shape index (κ2) is 8.81. The van der Waals surface area contributed by atoms with E-state index in [1.165, 1.54) is 18.4 Å². The van der Waals surface area contributed by atoms with Crippen molar-refractivity contribution in [2.75, 3.05) is 13.2 Å². The minimum atomic E-state index is 0.158. The second-order valence-corrected chi connectivity index (χ2v) is 4.95. The van der Waals surface area contributed by atoms with E-state index >= 15 is 0 Å². The van der Waals surface area contributed by atoms with E-state index in [4.69, 9.17) is 15.2 Å². The van der Waals surface area contributed by atoms with E-state index in [1.807, 2.05) is 26.0 Å². The fraction of sp³-hybridized carbons (Fsp3) is 0.625. The van der Waals surface area contributed by atoms with Gasteiger partial charge in [-0.25, -0.2) is 0 Å². The fourth-order valence-corrected chi connectivity index (χ4v) is 1.97. The number of hydrogen-bond donors (Lipinski definition) is 1. The third-order valence-electron chi connectivity index (χ3n) is 2.87. The van der Waals surface area contributed by atoms with Gasteiger partial charge in [-0.1, -0.05) is 25.8 Å². The van der Waals surface area contributed by atoms with Crippen molar-refractivity contribution < 1.29 is 9.47 Å². The van der Waals surface area contributed by atoms with Crippen LogP contribution < -0.4 is 15.2 Å². The van der Waals surface area contributed by atoms with Crippen LogP contribution in [0.1, 0.15) is 45.6 Å². The molecular formula is C16H27NO2. The molecular weight excluding hydrogens is 238 g/mol. The zero-order valence-corrected chi connectivity index (χ0v) is 12.4. The van der Waals surface area contributed by atoms with Crippen molar-refractivity contribution in [1.29, 1.82) is 0 Å². The first kappa shape index (κ1) is 15.8. The van der Waals surface area contributed by atoms with Crippen molar-refractivity contribution in [2.45, 2.75) is 52.5 Å². The fourth-order valence-electron chi connectivity index (χ4n) is 1.97. The minimum Gasteiger partial charge on any atom is -0.490 e. The van der Waals surface area contributed by atoms with Gasteiger partial charge in [0.25, 0.3) is 0 Å². The number of hydrogen-bond acceptors (Lipinski definition) is 3. The monoisotopic (exact) mass is 265 g/mol. The highest BCUT2D eigenvalue weighted by molar-refractivity contribution is 5.43. The third kappa shape index (κ3) is 5.97. The highest BCUT2D eigenvalue weighted by Crippen LogP contribution is 2.29. The van der Waals surface area contributed by atoms with Crippen molar-refractivity contribution in [3.8, 4) is 11.5 Å². The first-order valence-corrected chi connectivity index (χ1v) is 7.31. The molecule has 19 heavy (non-hydrogen) atoms. The van der Waals surface area contributed by atoms with Gasteiger partial charge in [0.1, 0.15) is 0 Å². The number of nitrogens with two attached hydrogens (primary N) is 1. The Hall–Kier alpha value is -1.22. The molecule has 2 N–H and O–H groups in total. The van der Waals surface area contributed by atoms with Gasteiger partial charge in [0, 0.05) is 6.04 Å². The smallest absolute Gasteiger partial charge is 0.161 e. The van der Waals surface area contributed by atoms with E-state index in [2.05, 4.69) is 13.0 Å². The Morgan fingerprint density at radius 1 is 1.11 bits per heavy atom. The lowest BCUT2D eigenvalue weighted by molar-refractivity contribution is 0.271. The molecule has 0 saturated heterocycles. The maximum atomic E-state index is 5.83. The summed E-state index contributed by atoms with van der Waals surface area (Å²) in [5.41, 5.74) is 7.02. The van der Waals surface area contributed by atoms with Gasteiger partial charge in [-0.3, -0.25) is 0 Å².